The van der Waals surface area contributed by atoms with Crippen molar-refractivity contribution < 1.29 is 14.3 Å². The summed E-state index contributed by atoms with van der Waals surface area (Å²) in [5.41, 5.74) is 5.62. The number of hydrogen-bond donors (Lipinski definition) is 2. The summed E-state index contributed by atoms with van der Waals surface area (Å²) >= 11 is 5.54. The number of H-pyrrole nitrogens is 1. The molecule has 3 N–H and O–H groups in total. The molecule has 0 radical (unpaired) electrons. The van der Waals surface area contributed by atoms with Crippen molar-refractivity contribution in [2.75, 3.05) is 13.0 Å². The maximum Gasteiger partial charge on any atom is 0.356 e. The monoisotopic (exact) mass is 231 g/mol. The minimum absolute atomic E-state index is 0.0241. The minimum Gasteiger partial charge on any atom is -0.464 e. The Morgan fingerprint density at radius 2 is 2.27 bits per heavy atom. The normalized spacial score (nSPS) is 10.0. The predicted molar refractivity (Wildman–Crippen MR) is 52.9 cm³/mol. The lowest BCUT2D eigenvalue weighted by Crippen LogP contribution is -2.15. The summed E-state index contributed by atoms with van der Waals surface area (Å²) in [6, 6.07) is 0. The average Bonchev–Trinajstić information content (AvgIpc) is 2.61. The fourth-order valence-corrected chi connectivity index (χ4v) is 1.37. The molecule has 82 valence electrons. The molecule has 7 heteroatoms. The molecule has 0 aromatic carbocycles. The third-order valence-electron chi connectivity index (χ3n) is 1.83. The van der Waals surface area contributed by atoms with Gasteiger partial charge in [-0.15, -0.1) is 11.6 Å². The number of nitrogens with one attached hydrogen (secondary N) is 1. The van der Waals surface area contributed by atoms with E-state index >= 15 is 0 Å². The first-order valence-corrected chi connectivity index (χ1v) is 4.66. The molecule has 1 aromatic rings. The van der Waals surface area contributed by atoms with Gasteiger partial charge in [-0.25, -0.2) is 4.79 Å². The largest absolute Gasteiger partial charge is 0.464 e. The van der Waals surface area contributed by atoms with Gasteiger partial charge in [0.25, 0.3) is 5.91 Å². The van der Waals surface area contributed by atoms with Crippen LogP contribution in [-0.2, 0) is 11.2 Å². The molecule has 0 saturated heterocycles. The van der Waals surface area contributed by atoms with Gasteiger partial charge in [0.2, 0.25) is 0 Å². The number of rotatable bonds is 4. The smallest absolute Gasteiger partial charge is 0.356 e. The van der Waals surface area contributed by atoms with Crippen LogP contribution in [0.3, 0.4) is 0 Å². The second-order valence-electron chi connectivity index (χ2n) is 2.72. The molecule has 6 nitrogen and oxygen atoms in total. The fraction of sp³-hybridized carbons (Fsp3) is 0.375. The van der Waals surface area contributed by atoms with Crippen LogP contribution >= 0.6 is 11.6 Å². The van der Waals surface area contributed by atoms with Crippen LogP contribution in [0.15, 0.2) is 0 Å². The molecule has 0 fully saturated rings. The van der Waals surface area contributed by atoms with Gasteiger partial charge in [-0.1, -0.05) is 0 Å². The van der Waals surface area contributed by atoms with E-state index in [0.717, 1.165) is 0 Å². The van der Waals surface area contributed by atoms with Crippen LogP contribution in [0.25, 0.3) is 0 Å². The van der Waals surface area contributed by atoms with Gasteiger partial charge in [-0.05, 0) is 6.42 Å². The van der Waals surface area contributed by atoms with E-state index in [9.17, 15) is 9.59 Å². The number of carbonyl (C=O) groups excluding carboxylic acids is 2. The second kappa shape index (κ2) is 4.79. The molecule has 0 saturated carbocycles. The van der Waals surface area contributed by atoms with Crippen molar-refractivity contribution >= 4 is 23.5 Å². The number of ether oxygens (including phenoxy) is 1. The number of nitrogens with zero attached hydrogens (tertiary/aromatic N) is 1. The number of alkyl halides is 1. The molecule has 0 spiro atoms. The number of halogens is 1. The van der Waals surface area contributed by atoms with Crippen LogP contribution < -0.4 is 5.73 Å². The van der Waals surface area contributed by atoms with E-state index in [4.69, 9.17) is 17.3 Å². The maximum absolute atomic E-state index is 11.3. The van der Waals surface area contributed by atoms with E-state index in [1.165, 1.54) is 7.11 Å². The standard InChI is InChI=1S/C8H10ClN3O3/c1-15-8(14)6-4(2-3-9)5(7(10)13)11-12-6/h2-3H2,1H3,(H2,10,13)(H,11,12). The fourth-order valence-electron chi connectivity index (χ4n) is 1.18. The number of nitrogens with two attached hydrogens (primary N) is 1. The van der Waals surface area contributed by atoms with Gasteiger partial charge in [-0.2, -0.15) is 5.10 Å². The quantitative estimate of drug-likeness (QED) is 0.566. The molecule has 15 heavy (non-hydrogen) atoms. The Morgan fingerprint density at radius 1 is 1.60 bits per heavy atom. The molecule has 0 unspecified atom stereocenters. The number of methoxy groups -OCH3 is 1. The number of primary amides is 1. The van der Waals surface area contributed by atoms with E-state index in [2.05, 4.69) is 14.9 Å². The SMILES string of the molecule is COC(=O)c1[nH]nc(C(N)=O)c1CCCl. The molecule has 0 bridgehead atoms. The summed E-state index contributed by atoms with van der Waals surface area (Å²) in [4.78, 5) is 22.2. The van der Waals surface area contributed by atoms with Crippen LogP contribution in [0.1, 0.15) is 26.5 Å². The molecule has 0 aliphatic carbocycles. The summed E-state index contributed by atoms with van der Waals surface area (Å²) in [5.74, 6) is -1.05. The van der Waals surface area contributed by atoms with E-state index in [0.29, 0.717) is 12.0 Å². The lowest BCUT2D eigenvalue weighted by molar-refractivity contribution is 0.0593. The number of carbonyl (C=O) groups is 2. The zero-order valence-electron chi connectivity index (χ0n) is 8.04. The Morgan fingerprint density at radius 3 is 2.73 bits per heavy atom. The number of hydrogen-bond acceptors (Lipinski definition) is 4. The molecule has 1 amide bonds. The second-order valence-corrected chi connectivity index (χ2v) is 3.10. The topological polar surface area (TPSA) is 98.1 Å². The number of aromatic nitrogens is 2. The first-order valence-electron chi connectivity index (χ1n) is 4.13. The van der Waals surface area contributed by atoms with Crippen molar-refractivity contribution in [3.63, 3.8) is 0 Å². The van der Waals surface area contributed by atoms with Crippen molar-refractivity contribution in [3.05, 3.63) is 17.0 Å². The van der Waals surface area contributed by atoms with Gasteiger partial charge in [0.05, 0.1) is 7.11 Å². The van der Waals surface area contributed by atoms with Gasteiger partial charge in [0.15, 0.2) is 5.69 Å². The Hall–Kier alpha value is -1.56. The Balaban J connectivity index is 3.17. The first-order chi connectivity index (χ1) is 7.11. The van der Waals surface area contributed by atoms with Gasteiger partial charge in [-0.3, -0.25) is 9.89 Å². The highest BCUT2D eigenvalue weighted by Gasteiger charge is 2.21. The summed E-state index contributed by atoms with van der Waals surface area (Å²) < 4.78 is 4.51. The van der Waals surface area contributed by atoms with Crippen LogP contribution in [0.4, 0.5) is 0 Å². The van der Waals surface area contributed by atoms with Crippen molar-refractivity contribution in [1.82, 2.24) is 10.2 Å². The summed E-state index contributed by atoms with van der Waals surface area (Å²) in [7, 11) is 1.23. The van der Waals surface area contributed by atoms with Crippen molar-refractivity contribution in [1.29, 1.82) is 0 Å². The van der Waals surface area contributed by atoms with Crippen molar-refractivity contribution in [3.8, 4) is 0 Å². The molecule has 1 rings (SSSR count). The average molecular weight is 232 g/mol. The van der Waals surface area contributed by atoms with E-state index in [1.807, 2.05) is 0 Å². The summed E-state index contributed by atoms with van der Waals surface area (Å²) in [5, 5.41) is 6.05. The Bertz CT molecular complexity index is 388. The molecular weight excluding hydrogens is 222 g/mol. The lowest BCUT2D eigenvalue weighted by Gasteiger charge is -2.00. The summed E-state index contributed by atoms with van der Waals surface area (Å²) in [6.07, 6.45) is 0.320. The first kappa shape index (κ1) is 11.5. The molecule has 0 aliphatic heterocycles. The van der Waals surface area contributed by atoms with Crippen LogP contribution in [0, 0.1) is 0 Å². The maximum atomic E-state index is 11.3. The third kappa shape index (κ3) is 2.27. The van der Waals surface area contributed by atoms with Gasteiger partial charge in [0.1, 0.15) is 5.69 Å². The van der Waals surface area contributed by atoms with Crippen molar-refractivity contribution in [2.24, 2.45) is 5.73 Å². The highest BCUT2D eigenvalue weighted by atomic mass is 35.5. The van der Waals surface area contributed by atoms with E-state index in [1.54, 1.807) is 0 Å². The Labute approximate surface area is 90.7 Å². The van der Waals surface area contributed by atoms with Crippen LogP contribution in [0.5, 0.6) is 0 Å². The van der Waals surface area contributed by atoms with Crippen LogP contribution in [-0.4, -0.2) is 35.1 Å². The molecule has 1 heterocycles. The molecule has 0 aliphatic rings. The zero-order valence-corrected chi connectivity index (χ0v) is 8.80. The minimum atomic E-state index is -0.707. The van der Waals surface area contributed by atoms with Crippen LogP contribution in [0.2, 0.25) is 0 Å². The number of esters is 1. The number of aromatic amines is 1. The zero-order chi connectivity index (χ0) is 11.4. The molecule has 1 aromatic heterocycles. The van der Waals surface area contributed by atoms with E-state index < -0.39 is 11.9 Å². The van der Waals surface area contributed by atoms with Crippen molar-refractivity contribution in [2.45, 2.75) is 6.42 Å². The summed E-state index contributed by atoms with van der Waals surface area (Å²) in [6.45, 7) is 0. The lowest BCUT2D eigenvalue weighted by atomic mass is 10.1. The van der Waals surface area contributed by atoms with Gasteiger partial charge < -0.3 is 10.5 Å². The highest BCUT2D eigenvalue weighted by molar-refractivity contribution is 6.18. The van der Waals surface area contributed by atoms with Gasteiger partial charge in [0, 0.05) is 11.4 Å². The van der Waals surface area contributed by atoms with E-state index in [-0.39, 0.29) is 17.3 Å². The predicted octanol–water partition coefficient (Wildman–Crippen LogP) is 0.0765. The highest BCUT2D eigenvalue weighted by Crippen LogP contribution is 2.13. The third-order valence-corrected chi connectivity index (χ3v) is 2.02. The Kier molecular flexibility index (Phi) is 3.68. The molecular formula is C8H10ClN3O3. The van der Waals surface area contributed by atoms with Gasteiger partial charge >= 0.3 is 5.97 Å². The number of amides is 1. The molecule has 0 atom stereocenters.